The average molecular weight is 420 g/mol. The Bertz CT molecular complexity index is 1130. The molecule has 5 nitrogen and oxygen atoms in total. The Balaban J connectivity index is 1.57. The van der Waals surface area contributed by atoms with Crippen molar-refractivity contribution in [3.05, 3.63) is 69.7 Å². The molecule has 0 spiro atoms. The van der Waals surface area contributed by atoms with E-state index in [0.717, 1.165) is 22.7 Å². The van der Waals surface area contributed by atoms with Gasteiger partial charge in [-0.15, -0.1) is 11.3 Å². The summed E-state index contributed by atoms with van der Waals surface area (Å²) in [5.41, 5.74) is 5.70. The first-order chi connectivity index (χ1) is 14.3. The van der Waals surface area contributed by atoms with E-state index in [1.165, 1.54) is 22.5 Å². The highest BCUT2D eigenvalue weighted by atomic mass is 32.1. The van der Waals surface area contributed by atoms with Crippen molar-refractivity contribution in [3.63, 3.8) is 0 Å². The van der Waals surface area contributed by atoms with Crippen molar-refractivity contribution in [1.82, 2.24) is 4.98 Å². The highest BCUT2D eigenvalue weighted by molar-refractivity contribution is 7.11. The molecule has 0 amide bonds. The Morgan fingerprint density at radius 1 is 1.10 bits per heavy atom. The van der Waals surface area contributed by atoms with Crippen LogP contribution in [0.2, 0.25) is 0 Å². The summed E-state index contributed by atoms with van der Waals surface area (Å²) in [5.74, 6) is 1.21. The van der Waals surface area contributed by atoms with Gasteiger partial charge >= 0.3 is 0 Å². The van der Waals surface area contributed by atoms with Gasteiger partial charge in [0, 0.05) is 16.6 Å². The van der Waals surface area contributed by atoms with Crippen LogP contribution in [0.25, 0.3) is 16.8 Å². The summed E-state index contributed by atoms with van der Waals surface area (Å²) in [4.78, 5) is 6.50. The number of hydrogen-bond acceptors (Lipinski definition) is 5. The summed E-state index contributed by atoms with van der Waals surface area (Å²) in [6, 6.07) is 13.9. The lowest BCUT2D eigenvalue weighted by Gasteiger charge is -2.19. The zero-order valence-electron chi connectivity index (χ0n) is 17.6. The maximum Gasteiger partial charge on any atom is 0.139 e. The lowest BCUT2D eigenvalue weighted by molar-refractivity contribution is 0.242. The molecule has 0 bridgehead atoms. The monoisotopic (exact) mass is 419 g/mol. The molecule has 0 radical (unpaired) electrons. The summed E-state index contributed by atoms with van der Waals surface area (Å²) < 4.78 is 5.69. The number of anilines is 1. The van der Waals surface area contributed by atoms with Gasteiger partial charge in [-0.25, -0.2) is 4.98 Å². The highest BCUT2D eigenvalue weighted by Gasteiger charge is 2.31. The number of benzene rings is 2. The second kappa shape index (κ2) is 7.95. The van der Waals surface area contributed by atoms with Crippen LogP contribution >= 0.6 is 11.3 Å². The Hall–Kier alpha value is -3.12. The number of ether oxygens (including phenoxy) is 1. The van der Waals surface area contributed by atoms with Crippen molar-refractivity contribution in [2.45, 2.75) is 33.8 Å². The number of amidine groups is 1. The van der Waals surface area contributed by atoms with Gasteiger partial charge < -0.3 is 14.7 Å². The summed E-state index contributed by atoms with van der Waals surface area (Å²) in [6.45, 7) is 8.40. The Kier molecular flexibility index (Phi) is 5.35. The molecule has 6 heteroatoms. The number of aryl methyl sites for hydroxylation is 2. The minimum absolute atomic E-state index is 0.106. The first kappa shape index (κ1) is 20.2. The molecule has 3 aromatic rings. The largest absolute Gasteiger partial charge is 0.510 e. The van der Waals surface area contributed by atoms with Crippen LogP contribution < -0.4 is 9.64 Å². The van der Waals surface area contributed by atoms with Gasteiger partial charge in [-0.3, -0.25) is 5.41 Å². The molecule has 1 aliphatic rings. The SMILES string of the molecule is Cc1ccc(-c2csc(C3=C(O)CN(c4ccc(OC(C)C)cc4)C3=N)n2)cc1C. The van der Waals surface area contributed by atoms with Gasteiger partial charge in [0.2, 0.25) is 0 Å². The van der Waals surface area contributed by atoms with Crippen LogP contribution in [-0.4, -0.2) is 28.6 Å². The van der Waals surface area contributed by atoms with Gasteiger partial charge in [-0.2, -0.15) is 0 Å². The van der Waals surface area contributed by atoms with Crippen LogP contribution in [0.1, 0.15) is 30.0 Å². The number of nitrogens with one attached hydrogen (secondary N) is 1. The van der Waals surface area contributed by atoms with Crippen LogP contribution in [0.5, 0.6) is 5.75 Å². The fourth-order valence-corrected chi connectivity index (χ4v) is 4.32. The summed E-state index contributed by atoms with van der Waals surface area (Å²) in [6.07, 6.45) is 0.106. The minimum Gasteiger partial charge on any atom is -0.510 e. The Labute approximate surface area is 180 Å². The Morgan fingerprint density at radius 2 is 1.83 bits per heavy atom. The minimum atomic E-state index is 0.106. The van der Waals surface area contributed by atoms with E-state index in [4.69, 9.17) is 15.1 Å². The number of aliphatic hydroxyl groups is 1. The van der Waals surface area contributed by atoms with E-state index in [1.54, 1.807) is 4.90 Å². The molecule has 0 fully saturated rings. The fourth-order valence-electron chi connectivity index (χ4n) is 3.42. The molecule has 4 rings (SSSR count). The third-order valence-electron chi connectivity index (χ3n) is 5.14. The zero-order chi connectivity index (χ0) is 21.4. The molecule has 1 aliphatic heterocycles. The van der Waals surface area contributed by atoms with Gasteiger partial charge in [0.05, 0.1) is 23.9 Å². The van der Waals surface area contributed by atoms with E-state index in [0.29, 0.717) is 10.6 Å². The van der Waals surface area contributed by atoms with Crippen molar-refractivity contribution in [2.24, 2.45) is 0 Å². The molecule has 0 aliphatic carbocycles. The standard InChI is InChI=1S/C24H25N3O2S/c1-14(2)29-19-9-7-18(8-10-19)27-12-21(28)22(23(27)25)24-26-20(13-30-24)17-6-5-15(3)16(4)11-17/h5-11,13-14,25,28H,12H2,1-4H3. The predicted octanol–water partition coefficient (Wildman–Crippen LogP) is 5.98. The third-order valence-corrected chi connectivity index (χ3v) is 6.00. The molecule has 2 aromatic carbocycles. The van der Waals surface area contributed by atoms with Crippen molar-refractivity contribution in [1.29, 1.82) is 5.41 Å². The van der Waals surface area contributed by atoms with Crippen LogP contribution in [0.4, 0.5) is 5.69 Å². The van der Waals surface area contributed by atoms with E-state index in [2.05, 4.69) is 32.0 Å². The van der Waals surface area contributed by atoms with Crippen molar-refractivity contribution >= 4 is 28.4 Å². The lowest BCUT2D eigenvalue weighted by atomic mass is 10.1. The van der Waals surface area contributed by atoms with E-state index >= 15 is 0 Å². The van der Waals surface area contributed by atoms with Crippen molar-refractivity contribution < 1.29 is 9.84 Å². The van der Waals surface area contributed by atoms with Crippen LogP contribution in [0, 0.1) is 19.3 Å². The number of aromatic nitrogens is 1. The summed E-state index contributed by atoms with van der Waals surface area (Å²) >= 11 is 1.45. The lowest BCUT2D eigenvalue weighted by Crippen LogP contribution is -2.25. The predicted molar refractivity (Wildman–Crippen MR) is 124 cm³/mol. The highest BCUT2D eigenvalue weighted by Crippen LogP contribution is 2.35. The molecule has 0 atom stereocenters. The average Bonchev–Trinajstić information content (AvgIpc) is 3.28. The fraction of sp³-hybridized carbons (Fsp3) is 0.250. The quantitative estimate of drug-likeness (QED) is 0.534. The molecular weight excluding hydrogens is 394 g/mol. The van der Waals surface area contributed by atoms with Crippen LogP contribution in [-0.2, 0) is 0 Å². The first-order valence-electron chi connectivity index (χ1n) is 9.92. The molecule has 0 saturated heterocycles. The Morgan fingerprint density at radius 3 is 2.50 bits per heavy atom. The van der Waals surface area contributed by atoms with E-state index in [-0.39, 0.29) is 24.2 Å². The van der Waals surface area contributed by atoms with E-state index in [9.17, 15) is 5.11 Å². The molecular formula is C24H25N3O2S. The number of nitrogens with zero attached hydrogens (tertiary/aromatic N) is 2. The van der Waals surface area contributed by atoms with Gasteiger partial charge in [0.15, 0.2) is 0 Å². The molecule has 2 heterocycles. The molecule has 1 aromatic heterocycles. The van der Waals surface area contributed by atoms with Gasteiger partial charge in [-0.05, 0) is 69.2 Å². The van der Waals surface area contributed by atoms with Crippen molar-refractivity contribution in [2.75, 3.05) is 11.4 Å². The normalized spacial score (nSPS) is 14.2. The number of rotatable bonds is 5. The number of hydrogen-bond donors (Lipinski definition) is 2. The maximum absolute atomic E-state index is 10.6. The zero-order valence-corrected chi connectivity index (χ0v) is 18.4. The number of thiazole rings is 1. The van der Waals surface area contributed by atoms with E-state index < -0.39 is 0 Å². The smallest absolute Gasteiger partial charge is 0.139 e. The molecule has 0 saturated carbocycles. The van der Waals surface area contributed by atoms with Crippen LogP contribution in [0.15, 0.2) is 53.6 Å². The van der Waals surface area contributed by atoms with Gasteiger partial charge in [-0.1, -0.05) is 12.1 Å². The van der Waals surface area contributed by atoms with E-state index in [1.807, 2.05) is 43.5 Å². The van der Waals surface area contributed by atoms with Gasteiger partial charge in [0.1, 0.15) is 22.4 Å². The molecule has 2 N–H and O–H groups in total. The maximum atomic E-state index is 10.6. The second-order valence-corrected chi connectivity index (χ2v) is 8.61. The molecule has 0 unspecified atom stereocenters. The number of aliphatic hydroxyl groups excluding tert-OH is 1. The summed E-state index contributed by atoms with van der Waals surface area (Å²) in [7, 11) is 0. The molecule has 154 valence electrons. The topological polar surface area (TPSA) is 69.4 Å². The first-order valence-corrected chi connectivity index (χ1v) is 10.8. The van der Waals surface area contributed by atoms with Crippen LogP contribution in [0.3, 0.4) is 0 Å². The summed E-state index contributed by atoms with van der Waals surface area (Å²) in [5, 5.41) is 21.9. The van der Waals surface area contributed by atoms with Crippen molar-refractivity contribution in [3.8, 4) is 17.0 Å². The third kappa shape index (κ3) is 3.83. The molecule has 30 heavy (non-hydrogen) atoms. The van der Waals surface area contributed by atoms with Gasteiger partial charge in [0.25, 0.3) is 0 Å². The second-order valence-electron chi connectivity index (χ2n) is 7.75.